The summed E-state index contributed by atoms with van der Waals surface area (Å²) in [6, 6.07) is 12.9. The van der Waals surface area contributed by atoms with Crippen molar-refractivity contribution in [1.29, 1.82) is 0 Å². The fourth-order valence-corrected chi connectivity index (χ4v) is 3.86. The Hall–Kier alpha value is -3.39. The molecule has 0 aliphatic heterocycles. The number of ether oxygens (including phenoxy) is 2. The van der Waals surface area contributed by atoms with Gasteiger partial charge < -0.3 is 14.8 Å². The van der Waals surface area contributed by atoms with Crippen LogP contribution < -0.4 is 10.1 Å². The highest BCUT2D eigenvalue weighted by atomic mass is 19.2. The smallest absolute Gasteiger partial charge is 0.228 e. The van der Waals surface area contributed by atoms with Gasteiger partial charge in [-0.25, -0.2) is 18.7 Å². The lowest BCUT2D eigenvalue weighted by Gasteiger charge is -2.20. The van der Waals surface area contributed by atoms with Crippen molar-refractivity contribution < 1.29 is 23.0 Å². The van der Waals surface area contributed by atoms with Gasteiger partial charge >= 0.3 is 0 Å². The van der Waals surface area contributed by atoms with Crippen LogP contribution in [0, 0.1) is 24.5 Å². The number of halogens is 2. The predicted octanol–water partition coefficient (Wildman–Crippen LogP) is 4.19. The summed E-state index contributed by atoms with van der Waals surface area (Å²) in [5.41, 5.74) is 1.25. The summed E-state index contributed by atoms with van der Waals surface area (Å²) in [5.74, 6) is -1.54. The zero-order chi connectivity index (χ0) is 22.7. The Kier molecular flexibility index (Phi) is 6.14. The molecule has 0 radical (unpaired) electrons. The molecule has 1 heterocycles. The molecule has 2 aromatic carbocycles. The minimum absolute atomic E-state index is 0.206. The number of carbonyl (C=O) groups is 1. The summed E-state index contributed by atoms with van der Waals surface area (Å²) in [6.07, 6.45) is 2.16. The number of rotatable bonds is 8. The Morgan fingerprint density at radius 1 is 1.19 bits per heavy atom. The molecule has 32 heavy (non-hydrogen) atoms. The first kappa shape index (κ1) is 21.8. The molecule has 8 heteroatoms. The van der Waals surface area contributed by atoms with Crippen LogP contribution in [0.2, 0.25) is 0 Å². The number of aromatic nitrogens is 2. The number of nitrogens with zero attached hydrogens (tertiary/aromatic N) is 2. The Morgan fingerprint density at radius 2 is 1.97 bits per heavy atom. The van der Waals surface area contributed by atoms with Crippen molar-refractivity contribution in [3.05, 3.63) is 83.4 Å². The summed E-state index contributed by atoms with van der Waals surface area (Å²) in [6.45, 7) is 2.29. The van der Waals surface area contributed by atoms with Gasteiger partial charge in [0, 0.05) is 24.3 Å². The van der Waals surface area contributed by atoms with Crippen molar-refractivity contribution in [3.63, 3.8) is 0 Å². The zero-order valence-electron chi connectivity index (χ0n) is 17.8. The van der Waals surface area contributed by atoms with Gasteiger partial charge in [-0.3, -0.25) is 4.79 Å². The quantitative estimate of drug-likeness (QED) is 0.570. The minimum Gasteiger partial charge on any atom is -0.489 e. The van der Waals surface area contributed by atoms with E-state index in [2.05, 4.69) is 15.3 Å². The lowest BCUT2D eigenvalue weighted by Crippen LogP contribution is -2.27. The average Bonchev–Trinajstić information content (AvgIpc) is 3.53. The van der Waals surface area contributed by atoms with E-state index < -0.39 is 23.0 Å². The van der Waals surface area contributed by atoms with Gasteiger partial charge in [0.2, 0.25) is 5.91 Å². The van der Waals surface area contributed by atoms with Crippen molar-refractivity contribution >= 4 is 11.6 Å². The van der Waals surface area contributed by atoms with Gasteiger partial charge in [0.15, 0.2) is 17.4 Å². The minimum atomic E-state index is -1.01. The second kappa shape index (κ2) is 9.00. The molecule has 1 aromatic heterocycles. The van der Waals surface area contributed by atoms with E-state index in [9.17, 15) is 13.6 Å². The number of aryl methyl sites for hydroxylation is 1. The molecule has 1 N–H and O–H groups in total. The van der Waals surface area contributed by atoms with Crippen LogP contribution in [0.25, 0.3) is 0 Å². The predicted molar refractivity (Wildman–Crippen MR) is 114 cm³/mol. The van der Waals surface area contributed by atoms with Crippen molar-refractivity contribution in [2.24, 2.45) is 5.92 Å². The van der Waals surface area contributed by atoms with Crippen molar-refractivity contribution in [2.45, 2.75) is 25.4 Å². The molecule has 166 valence electrons. The van der Waals surface area contributed by atoms with Gasteiger partial charge in [-0.2, -0.15) is 0 Å². The summed E-state index contributed by atoms with van der Waals surface area (Å²) < 4.78 is 38.0. The number of amides is 1. The monoisotopic (exact) mass is 439 g/mol. The third-order valence-corrected chi connectivity index (χ3v) is 5.64. The Balaban J connectivity index is 1.55. The van der Waals surface area contributed by atoms with Crippen LogP contribution in [-0.4, -0.2) is 29.6 Å². The molecule has 6 nitrogen and oxygen atoms in total. The maximum absolute atomic E-state index is 13.5. The highest BCUT2D eigenvalue weighted by Crippen LogP contribution is 2.55. The topological polar surface area (TPSA) is 73.3 Å². The third kappa shape index (κ3) is 4.45. The molecule has 1 aliphatic rings. The van der Waals surface area contributed by atoms with E-state index in [-0.39, 0.29) is 24.8 Å². The number of hydrogen-bond donors (Lipinski definition) is 1. The van der Waals surface area contributed by atoms with Crippen LogP contribution in [0.15, 0.2) is 54.7 Å². The van der Waals surface area contributed by atoms with E-state index in [0.29, 0.717) is 23.7 Å². The third-order valence-electron chi connectivity index (χ3n) is 5.64. The van der Waals surface area contributed by atoms with Crippen LogP contribution in [0.5, 0.6) is 5.75 Å². The SMILES string of the molecule is COCc1nc(C)ncc1OC[C@@]1(c2ccccc2)C[C@H]1C(=O)Nc1ccc(F)c(F)c1. The molecule has 1 amide bonds. The first-order valence-electron chi connectivity index (χ1n) is 10.2. The van der Waals surface area contributed by atoms with Crippen molar-refractivity contribution in [3.8, 4) is 5.75 Å². The maximum Gasteiger partial charge on any atom is 0.228 e. The summed E-state index contributed by atoms with van der Waals surface area (Å²) in [5, 5.41) is 2.69. The molecule has 1 aliphatic carbocycles. The van der Waals surface area contributed by atoms with Gasteiger partial charge in [-0.1, -0.05) is 30.3 Å². The highest BCUT2D eigenvalue weighted by Gasteiger charge is 2.60. The summed E-state index contributed by atoms with van der Waals surface area (Å²) in [4.78, 5) is 21.5. The van der Waals surface area contributed by atoms with Crippen LogP contribution >= 0.6 is 0 Å². The van der Waals surface area contributed by atoms with Gasteiger partial charge in [-0.15, -0.1) is 0 Å². The molecular formula is C24H23F2N3O3. The van der Waals surface area contributed by atoms with Gasteiger partial charge in [-0.05, 0) is 31.0 Å². The number of methoxy groups -OCH3 is 1. The molecule has 3 aromatic rings. The number of anilines is 1. The number of carbonyl (C=O) groups excluding carboxylic acids is 1. The number of nitrogens with one attached hydrogen (secondary N) is 1. The molecule has 1 saturated carbocycles. The first-order valence-corrected chi connectivity index (χ1v) is 10.2. The zero-order valence-corrected chi connectivity index (χ0v) is 17.8. The van der Waals surface area contributed by atoms with Crippen LogP contribution in [0.4, 0.5) is 14.5 Å². The first-order chi connectivity index (χ1) is 15.4. The maximum atomic E-state index is 13.5. The lowest BCUT2D eigenvalue weighted by atomic mass is 9.93. The Labute approximate surface area is 184 Å². The average molecular weight is 439 g/mol. The van der Waals surface area contributed by atoms with Gasteiger partial charge in [0.25, 0.3) is 0 Å². The second-order valence-electron chi connectivity index (χ2n) is 7.85. The second-order valence-corrected chi connectivity index (χ2v) is 7.85. The van der Waals surface area contributed by atoms with E-state index in [1.165, 1.54) is 6.07 Å². The Morgan fingerprint density at radius 3 is 2.69 bits per heavy atom. The molecule has 0 saturated heterocycles. The summed E-state index contributed by atoms with van der Waals surface area (Å²) >= 11 is 0. The van der Waals surface area contributed by atoms with E-state index in [0.717, 1.165) is 17.7 Å². The fraction of sp³-hybridized carbons (Fsp3) is 0.292. The fourth-order valence-electron chi connectivity index (χ4n) is 3.86. The highest BCUT2D eigenvalue weighted by molar-refractivity contribution is 5.96. The normalized spacial score (nSPS) is 19.4. The van der Waals surface area contributed by atoms with Gasteiger partial charge in [0.05, 0.1) is 25.3 Å². The molecule has 2 atom stereocenters. The van der Waals surface area contributed by atoms with E-state index >= 15 is 0 Å². The molecule has 0 spiro atoms. The van der Waals surface area contributed by atoms with E-state index in [1.54, 1.807) is 20.2 Å². The number of benzene rings is 2. The largest absolute Gasteiger partial charge is 0.489 e. The van der Waals surface area contributed by atoms with Gasteiger partial charge in [0.1, 0.15) is 11.5 Å². The lowest BCUT2D eigenvalue weighted by molar-refractivity contribution is -0.117. The number of hydrogen-bond acceptors (Lipinski definition) is 5. The molecule has 4 rings (SSSR count). The molecule has 1 fully saturated rings. The van der Waals surface area contributed by atoms with Crippen molar-refractivity contribution in [1.82, 2.24) is 9.97 Å². The molecular weight excluding hydrogens is 416 g/mol. The van der Waals surface area contributed by atoms with Crippen LogP contribution in [-0.2, 0) is 21.6 Å². The van der Waals surface area contributed by atoms with Crippen LogP contribution in [0.1, 0.15) is 23.5 Å². The van der Waals surface area contributed by atoms with E-state index in [4.69, 9.17) is 9.47 Å². The van der Waals surface area contributed by atoms with Crippen LogP contribution in [0.3, 0.4) is 0 Å². The standard InChI is InChI=1S/C24H23F2N3O3/c1-15-27-12-22(21(28-15)13-31-2)32-14-24(16-6-4-3-5-7-16)11-18(24)23(30)29-17-8-9-19(25)20(26)10-17/h3-10,12,18H,11,13-14H2,1-2H3,(H,29,30)/t18-,24+/m0/s1. The van der Waals surface area contributed by atoms with Crippen molar-refractivity contribution in [2.75, 3.05) is 19.0 Å². The molecule has 0 bridgehead atoms. The van der Waals surface area contributed by atoms with E-state index in [1.807, 2.05) is 30.3 Å². The molecule has 0 unspecified atom stereocenters. The summed E-state index contributed by atoms with van der Waals surface area (Å²) in [7, 11) is 1.58. The Bertz CT molecular complexity index is 1130.